The molecule has 0 atom stereocenters. The van der Waals surface area contributed by atoms with Gasteiger partial charge in [-0.25, -0.2) is 0 Å². The van der Waals surface area contributed by atoms with Crippen LogP contribution >= 0.6 is 16.5 Å². The summed E-state index contributed by atoms with van der Waals surface area (Å²) in [5.41, 5.74) is 5.48. The summed E-state index contributed by atoms with van der Waals surface area (Å²) in [5.74, 6) is 0.403. The van der Waals surface area contributed by atoms with Crippen LogP contribution in [0.4, 0.5) is 0 Å². The Morgan fingerprint density at radius 2 is 0.662 bits per heavy atom. The van der Waals surface area contributed by atoms with E-state index in [1.807, 2.05) is 158 Å². The minimum Gasteiger partial charge on any atom is -0.398 e. The maximum Gasteiger partial charge on any atom is 0.453 e. The number of rotatable bonds is 11. The largest absolute Gasteiger partial charge is 0.453 e. The highest BCUT2D eigenvalue weighted by molar-refractivity contribution is 7.32. The highest BCUT2D eigenvalue weighted by Gasteiger charge is 2.43. The minimum absolute atomic E-state index is 0.403. The number of fused-ring (bicyclic) bond motifs is 6. The van der Waals surface area contributed by atoms with Crippen LogP contribution in [0.15, 0.2) is 175 Å². The van der Waals surface area contributed by atoms with Crippen LogP contribution in [0.25, 0.3) is 43.9 Å². The van der Waals surface area contributed by atoms with Gasteiger partial charge in [-0.15, -0.1) is 0 Å². The van der Waals surface area contributed by atoms with Crippen LogP contribution in [-0.2, 0) is 43.5 Å². The summed E-state index contributed by atoms with van der Waals surface area (Å²) in [6.07, 6.45) is -2.66. The van der Waals surface area contributed by atoms with E-state index in [2.05, 4.69) is 0 Å². The molecule has 16 heteroatoms. The average Bonchev–Trinajstić information content (AvgIpc) is 4.29. The SMILES string of the molecule is c1ccc(C(Op2oc3c(C4OCCO4)cccc3c3cccc(C4OCCO4)c3o2)(c2ccccc2)c2ccccc2Op2oc3c(C4OCCO4)cccc3c3cccc(C4OCCO4)c3o2)cc1. The van der Waals surface area contributed by atoms with Gasteiger partial charge in [0.25, 0.3) is 0 Å². The smallest absolute Gasteiger partial charge is 0.398 e. The fraction of sp³-hybridized carbons (Fsp3) is 0.236. The average molecular weight is 993 g/mol. The Balaban J connectivity index is 1.06. The fourth-order valence-electron chi connectivity index (χ4n) is 9.79. The first kappa shape index (κ1) is 44.7. The molecule has 6 heterocycles. The van der Waals surface area contributed by atoms with Gasteiger partial charge in [0.2, 0.25) is 0 Å². The normalized spacial score (nSPS) is 17.4. The van der Waals surface area contributed by atoms with Crippen molar-refractivity contribution in [1.82, 2.24) is 0 Å². The van der Waals surface area contributed by atoms with Gasteiger partial charge in [-0.3, -0.25) is 4.52 Å². The molecule has 14 nitrogen and oxygen atoms in total. The molecule has 0 spiro atoms. The zero-order chi connectivity index (χ0) is 47.1. The molecule has 9 aromatic rings. The third kappa shape index (κ3) is 8.25. The van der Waals surface area contributed by atoms with Crippen LogP contribution in [0.2, 0.25) is 0 Å². The van der Waals surface area contributed by atoms with Gasteiger partial charge in [0.15, 0.2) is 53.1 Å². The van der Waals surface area contributed by atoms with Gasteiger partial charge < -0.3 is 59.2 Å². The zero-order valence-corrected chi connectivity index (χ0v) is 39.9. The van der Waals surface area contributed by atoms with Gasteiger partial charge in [0.1, 0.15) is 5.75 Å². The summed E-state index contributed by atoms with van der Waals surface area (Å²) in [5, 5.41) is 3.09. The molecule has 4 fully saturated rings. The summed E-state index contributed by atoms with van der Waals surface area (Å²) < 4.78 is 92.0. The summed E-state index contributed by atoms with van der Waals surface area (Å²) in [4.78, 5) is 0. The van der Waals surface area contributed by atoms with E-state index in [1.54, 1.807) is 0 Å². The van der Waals surface area contributed by atoms with Crippen molar-refractivity contribution >= 4 is 60.4 Å². The second-order valence-corrected chi connectivity index (χ2v) is 19.1. The van der Waals surface area contributed by atoms with Gasteiger partial charge in [-0.1, -0.05) is 152 Å². The van der Waals surface area contributed by atoms with Gasteiger partial charge in [0, 0.05) is 27.1 Å². The third-order valence-corrected chi connectivity index (χ3v) is 15.0. The second-order valence-electron chi connectivity index (χ2n) is 17.1. The molecule has 4 aliphatic heterocycles. The van der Waals surface area contributed by atoms with Crippen LogP contribution in [0.3, 0.4) is 0 Å². The monoisotopic (exact) mass is 992 g/mol. The predicted octanol–water partition coefficient (Wildman–Crippen LogP) is 13.3. The van der Waals surface area contributed by atoms with Crippen LogP contribution in [0, 0.1) is 0 Å². The van der Waals surface area contributed by atoms with Crippen LogP contribution in [0.1, 0.15) is 64.1 Å². The molecule has 4 saturated heterocycles. The first-order valence-electron chi connectivity index (χ1n) is 23.5. The minimum atomic E-state index is -2.41. The lowest BCUT2D eigenvalue weighted by Gasteiger charge is -2.34. The van der Waals surface area contributed by atoms with Crippen LogP contribution in [-0.4, -0.2) is 52.9 Å². The first-order chi connectivity index (χ1) is 35.2. The van der Waals surface area contributed by atoms with E-state index in [9.17, 15) is 0 Å². The Kier molecular flexibility index (Phi) is 12.2. The van der Waals surface area contributed by atoms with Gasteiger partial charge in [0.05, 0.1) is 75.1 Å². The molecule has 0 radical (unpaired) electrons. The van der Waals surface area contributed by atoms with Crippen molar-refractivity contribution in [2.24, 2.45) is 0 Å². The maximum atomic E-state index is 7.74. The molecule has 7 aromatic carbocycles. The van der Waals surface area contributed by atoms with E-state index in [-0.39, 0.29) is 0 Å². The summed E-state index contributed by atoms with van der Waals surface area (Å²) in [7, 11) is -4.72. The molecule has 0 saturated carbocycles. The fourth-order valence-corrected chi connectivity index (χ4v) is 12.3. The summed E-state index contributed by atoms with van der Waals surface area (Å²) in [6, 6.07) is 51.3. The van der Waals surface area contributed by atoms with E-state index in [0.29, 0.717) is 109 Å². The molecule has 360 valence electrons. The molecule has 0 aliphatic carbocycles. The molecular formula is C55H46O14P2. The molecule has 0 unspecified atom stereocenters. The molecular weight excluding hydrogens is 947 g/mol. The van der Waals surface area contributed by atoms with E-state index in [4.69, 9.17) is 63.7 Å². The number of benzene rings is 7. The number of hydrogen-bond donors (Lipinski definition) is 0. The van der Waals surface area contributed by atoms with Crippen molar-refractivity contribution in [3.63, 3.8) is 0 Å². The Hall–Kier alpha value is -6.22. The van der Waals surface area contributed by atoms with E-state index in [0.717, 1.165) is 32.7 Å². The Labute approximate surface area is 408 Å². The molecule has 71 heavy (non-hydrogen) atoms. The predicted molar refractivity (Wildman–Crippen MR) is 263 cm³/mol. The third-order valence-electron chi connectivity index (χ3n) is 12.9. The molecule has 2 aromatic heterocycles. The van der Waals surface area contributed by atoms with Crippen molar-refractivity contribution in [3.05, 3.63) is 197 Å². The van der Waals surface area contributed by atoms with E-state index >= 15 is 0 Å². The Bertz CT molecular complexity index is 3250. The van der Waals surface area contributed by atoms with E-state index < -0.39 is 47.2 Å². The first-order valence-corrected chi connectivity index (χ1v) is 25.7. The van der Waals surface area contributed by atoms with Crippen molar-refractivity contribution < 1.29 is 63.7 Å². The Morgan fingerprint density at radius 1 is 0.338 bits per heavy atom. The highest BCUT2D eigenvalue weighted by Crippen LogP contribution is 2.52. The number of ether oxygens (including phenoxy) is 8. The second kappa shape index (κ2) is 19.4. The van der Waals surface area contributed by atoms with E-state index in [1.165, 1.54) is 0 Å². The lowest BCUT2D eigenvalue weighted by Crippen LogP contribution is -2.35. The topological polar surface area (TPSA) is 145 Å². The standard InChI is InChI=1S/C55H46O14P2/c1-3-13-35(14-4-1)55(36-15-5-2-6-16-36,69-71-67-49-39(19-11-23-43(49)53-60-31-32-61-53)40-20-12-24-44(50(40)68-71)54-62-33-34-63-54)45-25-7-8-26-46(45)64-70-65-47-37(17-9-21-41(47)51-56-27-28-57-51)38-18-10-22-42(48(38)66-70)52-58-29-30-59-52/h1-26,51-54H,27-34H2. The van der Waals surface area contributed by atoms with Gasteiger partial charge in [-0.2, -0.15) is 0 Å². The van der Waals surface area contributed by atoms with Gasteiger partial charge >= 0.3 is 16.5 Å². The molecule has 0 bridgehead atoms. The quantitative estimate of drug-likeness (QED) is 0.113. The maximum absolute atomic E-state index is 7.74. The zero-order valence-electron chi connectivity index (χ0n) is 38.1. The summed E-state index contributed by atoms with van der Waals surface area (Å²) in [6.45, 7) is 3.54. The molecule has 13 rings (SSSR count). The van der Waals surface area contributed by atoms with Crippen molar-refractivity contribution in [1.29, 1.82) is 0 Å². The van der Waals surface area contributed by atoms with Crippen molar-refractivity contribution in [2.45, 2.75) is 30.8 Å². The van der Waals surface area contributed by atoms with Gasteiger partial charge in [-0.05, 0) is 17.2 Å². The Morgan fingerprint density at radius 3 is 1.03 bits per heavy atom. The molecule has 0 N–H and O–H groups in total. The highest BCUT2D eigenvalue weighted by atomic mass is 31.1. The van der Waals surface area contributed by atoms with Crippen molar-refractivity contribution in [2.75, 3.05) is 52.9 Å². The summed E-state index contributed by atoms with van der Waals surface area (Å²) >= 11 is 0. The van der Waals surface area contributed by atoms with Crippen molar-refractivity contribution in [3.8, 4) is 5.75 Å². The molecule has 4 aliphatic rings. The molecule has 0 amide bonds. The number of para-hydroxylation sites is 5. The lowest BCUT2D eigenvalue weighted by atomic mass is 9.80. The number of hydrogen-bond acceptors (Lipinski definition) is 14. The van der Waals surface area contributed by atoms with Crippen LogP contribution in [0.5, 0.6) is 5.75 Å². The lowest BCUT2D eigenvalue weighted by molar-refractivity contribution is -0.0438. The van der Waals surface area contributed by atoms with Crippen LogP contribution < -0.4 is 9.05 Å².